The fraction of sp³-hybridized carbons (Fsp3) is 0.647. The van der Waals surface area contributed by atoms with Crippen molar-refractivity contribution in [2.24, 2.45) is 0 Å². The van der Waals surface area contributed by atoms with Crippen molar-refractivity contribution in [3.8, 4) is 0 Å². The standard InChI is InChI=1S/C15H21N.C2H6/c1-11(2)12-5-4-6-14-13(12)7-10-16(3)15(14)8-9-15;1-2/h4-6,11H,7-10H2,1-3H3;1-2H3. The van der Waals surface area contributed by atoms with Crippen molar-refractivity contribution < 1.29 is 0 Å². The van der Waals surface area contributed by atoms with Gasteiger partial charge in [0.2, 0.25) is 0 Å². The lowest BCUT2D eigenvalue weighted by atomic mass is 9.84. The average Bonchev–Trinajstić information content (AvgIpc) is 3.18. The first-order valence-corrected chi connectivity index (χ1v) is 7.49. The van der Waals surface area contributed by atoms with Crippen LogP contribution in [-0.2, 0) is 12.0 Å². The summed E-state index contributed by atoms with van der Waals surface area (Å²) in [5, 5.41) is 0. The summed E-state index contributed by atoms with van der Waals surface area (Å²) in [6.45, 7) is 9.86. The first-order valence-electron chi connectivity index (χ1n) is 7.49. The predicted molar refractivity (Wildman–Crippen MR) is 79.1 cm³/mol. The molecule has 1 spiro atoms. The van der Waals surface area contributed by atoms with Crippen LogP contribution < -0.4 is 0 Å². The van der Waals surface area contributed by atoms with E-state index in [1.165, 1.54) is 25.8 Å². The van der Waals surface area contributed by atoms with Crippen LogP contribution in [0.5, 0.6) is 0 Å². The zero-order chi connectivity index (χ0) is 13.3. The number of nitrogens with zero attached hydrogens (tertiary/aromatic N) is 1. The Hall–Kier alpha value is -0.820. The quantitative estimate of drug-likeness (QED) is 0.712. The van der Waals surface area contributed by atoms with Gasteiger partial charge in [0.05, 0.1) is 0 Å². The van der Waals surface area contributed by atoms with Gasteiger partial charge >= 0.3 is 0 Å². The van der Waals surface area contributed by atoms with E-state index in [0.717, 1.165) is 0 Å². The minimum absolute atomic E-state index is 0.429. The van der Waals surface area contributed by atoms with Crippen LogP contribution in [0.25, 0.3) is 0 Å². The van der Waals surface area contributed by atoms with E-state index in [2.05, 4.69) is 44.0 Å². The van der Waals surface area contributed by atoms with Gasteiger partial charge in [-0.05, 0) is 48.9 Å². The van der Waals surface area contributed by atoms with E-state index >= 15 is 0 Å². The molecule has 1 saturated carbocycles. The molecule has 1 fully saturated rings. The Kier molecular flexibility index (Phi) is 3.82. The molecule has 1 heteroatoms. The highest BCUT2D eigenvalue weighted by atomic mass is 15.2. The molecule has 1 aliphatic heterocycles. The number of hydrogen-bond donors (Lipinski definition) is 0. The Morgan fingerprint density at radius 2 is 1.83 bits per heavy atom. The SMILES string of the molecule is CC.CC(C)c1cccc2c1CCN(C)C21CC1. The maximum Gasteiger partial charge on any atom is 0.0462 e. The summed E-state index contributed by atoms with van der Waals surface area (Å²) in [5.74, 6) is 0.661. The van der Waals surface area contributed by atoms with E-state index in [0.29, 0.717) is 11.5 Å². The summed E-state index contributed by atoms with van der Waals surface area (Å²) in [6, 6.07) is 6.95. The van der Waals surface area contributed by atoms with Crippen molar-refractivity contribution >= 4 is 0 Å². The molecule has 0 atom stereocenters. The fourth-order valence-corrected chi connectivity index (χ4v) is 3.33. The van der Waals surface area contributed by atoms with Gasteiger partial charge in [0, 0.05) is 12.1 Å². The zero-order valence-electron chi connectivity index (χ0n) is 12.6. The van der Waals surface area contributed by atoms with E-state index in [9.17, 15) is 0 Å². The van der Waals surface area contributed by atoms with Crippen molar-refractivity contribution in [3.05, 3.63) is 34.9 Å². The second-order valence-electron chi connectivity index (χ2n) is 5.73. The highest BCUT2D eigenvalue weighted by Gasteiger charge is 2.50. The van der Waals surface area contributed by atoms with Gasteiger partial charge in [-0.3, -0.25) is 4.90 Å². The van der Waals surface area contributed by atoms with Gasteiger partial charge in [-0.2, -0.15) is 0 Å². The molecule has 1 aromatic rings. The van der Waals surface area contributed by atoms with Crippen LogP contribution in [0.1, 0.15) is 63.1 Å². The fourth-order valence-electron chi connectivity index (χ4n) is 3.33. The summed E-state index contributed by atoms with van der Waals surface area (Å²) in [6.07, 6.45) is 3.96. The molecule has 1 nitrogen and oxygen atoms in total. The maximum absolute atomic E-state index is 2.57. The highest BCUT2D eigenvalue weighted by Crippen LogP contribution is 2.54. The third-order valence-electron chi connectivity index (χ3n) is 4.49. The van der Waals surface area contributed by atoms with Gasteiger partial charge in [-0.15, -0.1) is 0 Å². The molecule has 0 saturated heterocycles. The highest BCUT2D eigenvalue weighted by molar-refractivity contribution is 5.46. The predicted octanol–water partition coefficient (Wildman–Crippen LogP) is 4.31. The third-order valence-corrected chi connectivity index (χ3v) is 4.49. The molecule has 1 aliphatic carbocycles. The Balaban J connectivity index is 0.000000574. The van der Waals surface area contributed by atoms with E-state index in [1.54, 1.807) is 16.7 Å². The first kappa shape index (κ1) is 13.6. The molecule has 0 N–H and O–H groups in total. The van der Waals surface area contributed by atoms with E-state index < -0.39 is 0 Å². The summed E-state index contributed by atoms with van der Waals surface area (Å²) in [4.78, 5) is 2.57. The largest absolute Gasteiger partial charge is 0.296 e. The Morgan fingerprint density at radius 1 is 1.17 bits per heavy atom. The molecule has 100 valence electrons. The topological polar surface area (TPSA) is 3.24 Å². The third kappa shape index (κ3) is 1.99. The zero-order valence-corrected chi connectivity index (χ0v) is 12.6. The first-order chi connectivity index (χ1) is 8.65. The Labute approximate surface area is 112 Å². The van der Waals surface area contributed by atoms with Gasteiger partial charge in [-0.1, -0.05) is 45.9 Å². The van der Waals surface area contributed by atoms with Crippen LogP contribution in [0, 0.1) is 0 Å². The molecular formula is C17H27N. The van der Waals surface area contributed by atoms with Crippen molar-refractivity contribution in [1.29, 1.82) is 0 Å². The summed E-state index contributed by atoms with van der Waals surface area (Å²) in [7, 11) is 2.29. The number of fused-ring (bicyclic) bond motifs is 2. The van der Waals surface area contributed by atoms with Crippen LogP contribution in [0.2, 0.25) is 0 Å². The molecule has 0 unspecified atom stereocenters. The summed E-state index contributed by atoms with van der Waals surface area (Å²) < 4.78 is 0. The molecule has 0 aromatic heterocycles. The second kappa shape index (κ2) is 5.05. The van der Waals surface area contributed by atoms with Crippen molar-refractivity contribution in [1.82, 2.24) is 4.90 Å². The molecular weight excluding hydrogens is 218 g/mol. The average molecular weight is 245 g/mol. The number of benzene rings is 1. The number of likely N-dealkylation sites (N-methyl/N-ethyl adjacent to an activating group) is 1. The molecule has 18 heavy (non-hydrogen) atoms. The lowest BCUT2D eigenvalue weighted by Crippen LogP contribution is -2.38. The Morgan fingerprint density at radius 3 is 2.39 bits per heavy atom. The number of hydrogen-bond acceptors (Lipinski definition) is 1. The Bertz CT molecular complexity index is 416. The van der Waals surface area contributed by atoms with Crippen molar-refractivity contribution in [3.63, 3.8) is 0 Å². The molecule has 1 heterocycles. The van der Waals surface area contributed by atoms with Crippen LogP contribution in [0.3, 0.4) is 0 Å². The molecule has 3 rings (SSSR count). The summed E-state index contributed by atoms with van der Waals surface area (Å²) in [5.41, 5.74) is 5.30. The summed E-state index contributed by atoms with van der Waals surface area (Å²) >= 11 is 0. The normalized spacial score (nSPS) is 20.3. The van der Waals surface area contributed by atoms with Gasteiger partial charge in [0.25, 0.3) is 0 Å². The monoisotopic (exact) mass is 245 g/mol. The lowest BCUT2D eigenvalue weighted by Gasteiger charge is -2.36. The minimum Gasteiger partial charge on any atom is -0.296 e. The van der Waals surface area contributed by atoms with E-state index in [1.807, 2.05) is 13.8 Å². The van der Waals surface area contributed by atoms with Crippen LogP contribution in [0.4, 0.5) is 0 Å². The second-order valence-corrected chi connectivity index (χ2v) is 5.73. The van der Waals surface area contributed by atoms with Gasteiger partial charge in [0.15, 0.2) is 0 Å². The van der Waals surface area contributed by atoms with Crippen LogP contribution >= 0.6 is 0 Å². The lowest BCUT2D eigenvalue weighted by molar-refractivity contribution is 0.208. The maximum atomic E-state index is 2.57. The molecule has 0 amide bonds. The van der Waals surface area contributed by atoms with E-state index in [4.69, 9.17) is 0 Å². The molecule has 2 aliphatic rings. The molecule has 0 radical (unpaired) electrons. The smallest absolute Gasteiger partial charge is 0.0462 e. The van der Waals surface area contributed by atoms with Gasteiger partial charge < -0.3 is 0 Å². The van der Waals surface area contributed by atoms with Crippen molar-refractivity contribution in [2.45, 2.75) is 58.4 Å². The van der Waals surface area contributed by atoms with Gasteiger partial charge in [0.1, 0.15) is 0 Å². The minimum atomic E-state index is 0.429. The van der Waals surface area contributed by atoms with Gasteiger partial charge in [-0.25, -0.2) is 0 Å². The van der Waals surface area contributed by atoms with Crippen LogP contribution in [-0.4, -0.2) is 18.5 Å². The molecule has 0 bridgehead atoms. The van der Waals surface area contributed by atoms with E-state index in [-0.39, 0.29) is 0 Å². The van der Waals surface area contributed by atoms with Crippen LogP contribution in [0.15, 0.2) is 18.2 Å². The molecule has 1 aromatic carbocycles. The number of rotatable bonds is 1. The van der Waals surface area contributed by atoms with Crippen molar-refractivity contribution in [2.75, 3.05) is 13.6 Å².